The summed E-state index contributed by atoms with van der Waals surface area (Å²) >= 11 is 0. The predicted octanol–water partition coefficient (Wildman–Crippen LogP) is 2.40. The molecule has 0 heterocycles. The van der Waals surface area contributed by atoms with Crippen LogP contribution in [0.15, 0.2) is 18.2 Å². The number of aliphatic hydroxyl groups is 1. The summed E-state index contributed by atoms with van der Waals surface area (Å²) in [7, 11) is 0. The van der Waals surface area contributed by atoms with E-state index in [9.17, 15) is 5.11 Å². The lowest BCUT2D eigenvalue weighted by molar-refractivity contribution is 0.0785. The highest BCUT2D eigenvalue weighted by atomic mass is 16.3. The van der Waals surface area contributed by atoms with Crippen molar-refractivity contribution >= 4 is 0 Å². The lowest BCUT2D eigenvalue weighted by Gasteiger charge is -2.18. The van der Waals surface area contributed by atoms with Gasteiger partial charge in [0, 0.05) is 0 Å². The van der Waals surface area contributed by atoms with E-state index in [1.807, 2.05) is 19.9 Å². The summed E-state index contributed by atoms with van der Waals surface area (Å²) in [6.07, 6.45) is 3.66. The number of rotatable bonds is 1. The zero-order valence-corrected chi connectivity index (χ0v) is 8.30. The zero-order chi connectivity index (χ0) is 9.47. The average molecular weight is 176 g/mol. The minimum absolute atomic E-state index is 0.697. The number of fused-ring (bicyclic) bond motifs is 1. The first-order valence-corrected chi connectivity index (χ1v) is 4.92. The van der Waals surface area contributed by atoms with Crippen molar-refractivity contribution in [1.82, 2.24) is 0 Å². The number of benzene rings is 1. The Kier molecular flexibility index (Phi) is 1.92. The van der Waals surface area contributed by atoms with Crippen molar-refractivity contribution in [2.24, 2.45) is 0 Å². The molecule has 13 heavy (non-hydrogen) atoms. The van der Waals surface area contributed by atoms with Gasteiger partial charge in [0.25, 0.3) is 0 Å². The van der Waals surface area contributed by atoms with E-state index in [2.05, 4.69) is 12.1 Å². The van der Waals surface area contributed by atoms with Crippen LogP contribution >= 0.6 is 0 Å². The van der Waals surface area contributed by atoms with Gasteiger partial charge in [0.05, 0.1) is 5.60 Å². The second-order valence-electron chi connectivity index (χ2n) is 4.40. The number of hydrogen-bond donors (Lipinski definition) is 1. The summed E-state index contributed by atoms with van der Waals surface area (Å²) < 4.78 is 0. The Hall–Kier alpha value is -0.820. The molecule has 0 amide bonds. The van der Waals surface area contributed by atoms with Gasteiger partial charge in [0.1, 0.15) is 0 Å². The molecule has 0 radical (unpaired) electrons. The molecular formula is C12H16O. The second-order valence-corrected chi connectivity index (χ2v) is 4.40. The second kappa shape index (κ2) is 2.85. The lowest BCUT2D eigenvalue weighted by atomic mass is 9.95. The maximum Gasteiger partial charge on any atom is 0.0840 e. The molecule has 1 aliphatic carbocycles. The lowest BCUT2D eigenvalue weighted by Crippen LogP contribution is -2.15. The maximum atomic E-state index is 9.82. The fourth-order valence-corrected chi connectivity index (χ4v) is 1.95. The molecule has 1 nitrogen and oxygen atoms in total. The summed E-state index contributed by atoms with van der Waals surface area (Å²) in [5.74, 6) is 0. The van der Waals surface area contributed by atoms with Gasteiger partial charge < -0.3 is 5.11 Å². The molecule has 0 fully saturated rings. The smallest absolute Gasteiger partial charge is 0.0840 e. The minimum atomic E-state index is -0.697. The van der Waals surface area contributed by atoms with Crippen LogP contribution in [0.1, 0.15) is 37.0 Å². The SMILES string of the molecule is CC(C)(O)c1ccc2c(c1)CCC2. The zero-order valence-electron chi connectivity index (χ0n) is 8.30. The molecule has 0 aliphatic heterocycles. The van der Waals surface area contributed by atoms with Crippen molar-refractivity contribution in [3.05, 3.63) is 34.9 Å². The van der Waals surface area contributed by atoms with Crippen molar-refractivity contribution in [1.29, 1.82) is 0 Å². The van der Waals surface area contributed by atoms with Crippen LogP contribution in [0, 0.1) is 0 Å². The van der Waals surface area contributed by atoms with E-state index in [0.717, 1.165) is 5.56 Å². The van der Waals surface area contributed by atoms with Crippen LogP contribution in [0.3, 0.4) is 0 Å². The summed E-state index contributed by atoms with van der Waals surface area (Å²) in [5.41, 5.74) is 3.23. The quantitative estimate of drug-likeness (QED) is 0.696. The molecule has 2 rings (SSSR count). The first-order valence-electron chi connectivity index (χ1n) is 4.92. The van der Waals surface area contributed by atoms with Gasteiger partial charge >= 0.3 is 0 Å². The van der Waals surface area contributed by atoms with Crippen molar-refractivity contribution in [2.45, 2.75) is 38.7 Å². The van der Waals surface area contributed by atoms with Crippen LogP contribution in [0.4, 0.5) is 0 Å². The topological polar surface area (TPSA) is 20.2 Å². The largest absolute Gasteiger partial charge is 0.386 e. The Morgan fingerprint density at radius 1 is 1.15 bits per heavy atom. The predicted molar refractivity (Wildman–Crippen MR) is 53.7 cm³/mol. The molecule has 0 saturated carbocycles. The van der Waals surface area contributed by atoms with E-state index < -0.39 is 5.60 Å². The van der Waals surface area contributed by atoms with E-state index in [-0.39, 0.29) is 0 Å². The van der Waals surface area contributed by atoms with Crippen LogP contribution in [0.25, 0.3) is 0 Å². The molecule has 0 bridgehead atoms. The van der Waals surface area contributed by atoms with Gasteiger partial charge in [-0.2, -0.15) is 0 Å². The molecule has 0 spiro atoms. The highest BCUT2D eigenvalue weighted by molar-refractivity contribution is 5.37. The molecule has 1 aromatic rings. The summed E-state index contributed by atoms with van der Waals surface area (Å²) in [6, 6.07) is 6.36. The van der Waals surface area contributed by atoms with Crippen LogP contribution in [-0.4, -0.2) is 5.11 Å². The van der Waals surface area contributed by atoms with Gasteiger partial charge in [-0.05, 0) is 49.8 Å². The van der Waals surface area contributed by atoms with Crippen molar-refractivity contribution in [3.8, 4) is 0 Å². The molecule has 0 unspecified atom stereocenters. The third-order valence-corrected chi connectivity index (χ3v) is 2.80. The first kappa shape index (κ1) is 8.76. The van der Waals surface area contributed by atoms with Crippen molar-refractivity contribution in [3.63, 3.8) is 0 Å². The standard InChI is InChI=1S/C12H16O/c1-12(2,13)11-7-6-9-4-3-5-10(9)8-11/h6-8,13H,3-5H2,1-2H3. The Morgan fingerprint density at radius 3 is 2.54 bits per heavy atom. The average Bonchev–Trinajstić information content (AvgIpc) is 2.47. The molecule has 1 N–H and O–H groups in total. The fraction of sp³-hybridized carbons (Fsp3) is 0.500. The van der Waals surface area contributed by atoms with Crippen LogP contribution in [0.2, 0.25) is 0 Å². The van der Waals surface area contributed by atoms with Crippen molar-refractivity contribution < 1.29 is 5.11 Å². The van der Waals surface area contributed by atoms with Crippen LogP contribution in [0.5, 0.6) is 0 Å². The third kappa shape index (κ3) is 1.61. The molecule has 0 atom stereocenters. The van der Waals surface area contributed by atoms with Gasteiger partial charge in [-0.25, -0.2) is 0 Å². The molecule has 1 heteroatoms. The fourth-order valence-electron chi connectivity index (χ4n) is 1.95. The Bertz CT molecular complexity index is 320. The summed E-state index contributed by atoms with van der Waals surface area (Å²) in [6.45, 7) is 3.67. The first-order chi connectivity index (χ1) is 6.07. The van der Waals surface area contributed by atoms with E-state index in [1.165, 1.54) is 30.4 Å². The summed E-state index contributed by atoms with van der Waals surface area (Å²) in [5, 5.41) is 9.82. The minimum Gasteiger partial charge on any atom is -0.386 e. The third-order valence-electron chi connectivity index (χ3n) is 2.80. The molecule has 0 saturated heterocycles. The van der Waals surface area contributed by atoms with E-state index in [4.69, 9.17) is 0 Å². The highest BCUT2D eigenvalue weighted by Crippen LogP contribution is 2.27. The summed E-state index contributed by atoms with van der Waals surface area (Å²) in [4.78, 5) is 0. The van der Waals surface area contributed by atoms with E-state index in [0.29, 0.717) is 0 Å². The van der Waals surface area contributed by atoms with Crippen LogP contribution < -0.4 is 0 Å². The highest BCUT2D eigenvalue weighted by Gasteiger charge is 2.18. The molecule has 1 aromatic carbocycles. The van der Waals surface area contributed by atoms with Gasteiger partial charge in [-0.1, -0.05) is 18.2 Å². The van der Waals surface area contributed by atoms with Gasteiger partial charge in [0.2, 0.25) is 0 Å². The Labute approximate surface area is 79.4 Å². The monoisotopic (exact) mass is 176 g/mol. The molecule has 70 valence electrons. The van der Waals surface area contributed by atoms with Crippen molar-refractivity contribution in [2.75, 3.05) is 0 Å². The molecular weight excluding hydrogens is 160 g/mol. The number of hydrogen-bond acceptors (Lipinski definition) is 1. The Morgan fingerprint density at radius 2 is 1.85 bits per heavy atom. The maximum absolute atomic E-state index is 9.82. The van der Waals surface area contributed by atoms with Gasteiger partial charge in [-0.3, -0.25) is 0 Å². The Balaban J connectivity index is 2.42. The number of aryl methyl sites for hydroxylation is 2. The molecule has 0 aromatic heterocycles. The van der Waals surface area contributed by atoms with Gasteiger partial charge in [-0.15, -0.1) is 0 Å². The van der Waals surface area contributed by atoms with E-state index >= 15 is 0 Å². The normalized spacial score (nSPS) is 15.9. The van der Waals surface area contributed by atoms with Crippen LogP contribution in [-0.2, 0) is 18.4 Å². The van der Waals surface area contributed by atoms with E-state index in [1.54, 1.807) is 0 Å². The molecule has 1 aliphatic rings. The van der Waals surface area contributed by atoms with Gasteiger partial charge in [0.15, 0.2) is 0 Å².